The highest BCUT2D eigenvalue weighted by Crippen LogP contribution is 2.50. The summed E-state index contributed by atoms with van der Waals surface area (Å²) in [5.41, 5.74) is 0.922. The molecule has 0 N–H and O–H groups in total. The number of fused-ring (bicyclic) bond motifs is 8. The molecule has 16 heteroatoms. The van der Waals surface area contributed by atoms with Crippen LogP contribution >= 0.6 is 0 Å². The van der Waals surface area contributed by atoms with Crippen molar-refractivity contribution in [2.24, 2.45) is 0 Å². The van der Waals surface area contributed by atoms with Gasteiger partial charge in [-0.3, -0.25) is 19.4 Å². The Morgan fingerprint density at radius 2 is 1.05 bits per heavy atom. The third-order valence-corrected chi connectivity index (χ3v) is 14.6. The molecule has 8 atom stereocenters. The van der Waals surface area contributed by atoms with Gasteiger partial charge in [-0.1, -0.05) is 38.8 Å². The van der Waals surface area contributed by atoms with Gasteiger partial charge in [0.2, 0.25) is 24.8 Å². The first-order valence-corrected chi connectivity index (χ1v) is 23.4. The molecule has 2 fully saturated rings. The second-order valence-corrected chi connectivity index (χ2v) is 18.5. The zero-order chi connectivity index (χ0) is 45.7. The van der Waals surface area contributed by atoms with Crippen molar-refractivity contribution in [3.05, 3.63) is 82.3 Å². The van der Waals surface area contributed by atoms with Crippen LogP contribution in [-0.4, -0.2) is 123 Å². The molecule has 0 unspecified atom stereocenters. The van der Waals surface area contributed by atoms with Crippen LogP contribution in [0.3, 0.4) is 0 Å². The Kier molecular flexibility index (Phi) is 11.9. The van der Waals surface area contributed by atoms with Crippen molar-refractivity contribution in [3.63, 3.8) is 0 Å². The highest BCUT2D eigenvalue weighted by Gasteiger charge is 2.58. The summed E-state index contributed by atoms with van der Waals surface area (Å²) in [5, 5.41) is 0. The van der Waals surface area contributed by atoms with Gasteiger partial charge in [-0.05, 0) is 97.4 Å². The highest BCUT2D eigenvalue weighted by atomic mass is 16.7. The second kappa shape index (κ2) is 17.8. The molecule has 0 saturated carbocycles. The van der Waals surface area contributed by atoms with E-state index in [1.807, 2.05) is 36.4 Å². The molecule has 2 aromatic rings. The molecule has 6 aliphatic heterocycles. The summed E-state index contributed by atoms with van der Waals surface area (Å²) in [5.74, 6) is 0.558. The van der Waals surface area contributed by atoms with Crippen molar-refractivity contribution in [2.75, 3.05) is 54.0 Å². The van der Waals surface area contributed by atoms with Crippen LogP contribution in [-0.2, 0) is 60.4 Å². The number of esters is 4. The topological polar surface area (TPSA) is 167 Å². The van der Waals surface area contributed by atoms with Crippen molar-refractivity contribution in [2.45, 2.75) is 125 Å². The van der Waals surface area contributed by atoms with Crippen LogP contribution in [0.5, 0.6) is 23.0 Å². The Hall–Kier alpha value is -5.74. The van der Waals surface area contributed by atoms with E-state index in [-0.39, 0.29) is 63.2 Å². The zero-order valence-electron chi connectivity index (χ0n) is 38.0. The van der Waals surface area contributed by atoms with Crippen molar-refractivity contribution in [1.82, 2.24) is 9.80 Å². The van der Waals surface area contributed by atoms with Crippen molar-refractivity contribution >= 4 is 23.9 Å². The van der Waals surface area contributed by atoms with Crippen LogP contribution in [0.2, 0.25) is 0 Å². The minimum Gasteiger partial charge on any atom is -0.497 e. The molecule has 0 radical (unpaired) electrons. The van der Waals surface area contributed by atoms with E-state index in [2.05, 4.69) is 23.6 Å². The van der Waals surface area contributed by atoms with E-state index >= 15 is 0 Å². The molecule has 2 aliphatic carbocycles. The number of nitrogens with zero attached hydrogens (tertiary/aromatic N) is 2. The number of unbranched alkanes of at least 4 members (excludes halogenated alkanes) is 2. The van der Waals surface area contributed by atoms with Crippen molar-refractivity contribution in [3.8, 4) is 23.0 Å². The molecular formula is C50H58N2O14. The smallest absolute Gasteiger partial charge is 0.352 e. The van der Waals surface area contributed by atoms with Crippen LogP contribution in [0.4, 0.5) is 0 Å². The van der Waals surface area contributed by atoms with Gasteiger partial charge < -0.3 is 47.4 Å². The maximum absolute atomic E-state index is 14.4. The molecule has 2 saturated heterocycles. The molecule has 352 valence electrons. The van der Waals surface area contributed by atoms with Crippen LogP contribution in [0.25, 0.3) is 0 Å². The van der Waals surface area contributed by atoms with Crippen LogP contribution < -0.4 is 18.9 Å². The number of methoxy groups -OCH3 is 2. The van der Waals surface area contributed by atoms with Gasteiger partial charge in [0.15, 0.2) is 35.2 Å². The fourth-order valence-corrected chi connectivity index (χ4v) is 11.1. The van der Waals surface area contributed by atoms with Crippen LogP contribution in [0, 0.1) is 0 Å². The summed E-state index contributed by atoms with van der Waals surface area (Å²) in [7, 11) is 3.13. The molecule has 6 heterocycles. The van der Waals surface area contributed by atoms with Gasteiger partial charge in [-0.2, -0.15) is 0 Å². The largest absolute Gasteiger partial charge is 0.497 e. The predicted octanol–water partition coefficient (Wildman–Crippen LogP) is 5.68. The number of rotatable bonds is 16. The van der Waals surface area contributed by atoms with Gasteiger partial charge in [0.05, 0.1) is 27.1 Å². The van der Waals surface area contributed by atoms with Crippen LogP contribution in [0.15, 0.2) is 60.1 Å². The molecular weight excluding hydrogens is 853 g/mol. The van der Waals surface area contributed by atoms with Gasteiger partial charge in [-0.25, -0.2) is 9.59 Å². The zero-order valence-corrected chi connectivity index (χ0v) is 38.0. The monoisotopic (exact) mass is 910 g/mol. The molecule has 10 rings (SSSR count). The van der Waals surface area contributed by atoms with E-state index in [1.165, 1.54) is 0 Å². The van der Waals surface area contributed by atoms with Gasteiger partial charge in [0.25, 0.3) is 0 Å². The molecule has 16 nitrogen and oxygen atoms in total. The lowest BCUT2D eigenvalue weighted by Crippen LogP contribution is -2.56. The van der Waals surface area contributed by atoms with E-state index in [1.54, 1.807) is 26.4 Å². The van der Waals surface area contributed by atoms with Crippen molar-refractivity contribution < 1.29 is 66.5 Å². The minimum atomic E-state index is -1.61. The maximum Gasteiger partial charge on any atom is 0.352 e. The molecule has 8 aliphatic rings. The first-order chi connectivity index (χ1) is 32.1. The van der Waals surface area contributed by atoms with Gasteiger partial charge >= 0.3 is 23.9 Å². The number of cyclic esters (lactones) is 2. The van der Waals surface area contributed by atoms with E-state index < -0.39 is 47.3 Å². The van der Waals surface area contributed by atoms with Crippen LogP contribution in [0.1, 0.15) is 99.3 Å². The van der Waals surface area contributed by atoms with E-state index in [9.17, 15) is 19.2 Å². The second-order valence-electron chi connectivity index (χ2n) is 18.5. The highest BCUT2D eigenvalue weighted by molar-refractivity contribution is 5.95. The third kappa shape index (κ3) is 7.72. The molecule has 0 aromatic heterocycles. The van der Waals surface area contributed by atoms with E-state index in [0.29, 0.717) is 34.5 Å². The summed E-state index contributed by atoms with van der Waals surface area (Å²) in [4.78, 5) is 58.6. The van der Waals surface area contributed by atoms with Gasteiger partial charge in [0.1, 0.15) is 11.5 Å². The normalized spacial score (nSPS) is 30.2. The molecule has 66 heavy (non-hydrogen) atoms. The number of carbonyl (C=O) groups is 4. The minimum absolute atomic E-state index is 0.0369. The Labute approximate surface area is 384 Å². The SMILES string of the molecule is CCCCN1CCc2cc3c(cc2[C@@H]2[C@H](OC(=O)[C@@]4(C/C=C/C[C@]5(C(=O)O[C@@H]6C(OC)=C[C@H]7[C@@H]6c6cc8c(cc6CCN7CCCC)OCO8)CC(=O)O5)CC(=O)O4)C(OC)=C[C@@H]21)OCO3. The van der Waals surface area contributed by atoms with Gasteiger partial charge in [-0.15, -0.1) is 0 Å². The summed E-state index contributed by atoms with van der Waals surface area (Å²) in [6.07, 6.45) is 10.9. The first kappa shape index (κ1) is 44.1. The Balaban J connectivity index is 0.867. The quantitative estimate of drug-likeness (QED) is 0.115. The van der Waals surface area contributed by atoms with E-state index in [4.69, 9.17) is 47.4 Å². The van der Waals surface area contributed by atoms with Gasteiger partial charge in [0, 0.05) is 49.9 Å². The number of hydrogen-bond acceptors (Lipinski definition) is 16. The standard InChI is InChI=1S/C50H58N2O14/c1-5-7-15-51-17-11-29-19-35-37(61-27-59-35)21-31(29)43-33(51)23-39(57-3)45(43)63-47(55)49(25-41(53)65-49)13-9-10-14-50(26-42(54)66-50)48(56)64-46-40(58-4)24-34-44(46)32-22-38-36(60-28-62-38)20-30(32)12-18-52(34)16-8-6-2/h9-10,19-24,33-34,43-46H,5-8,11-18,25-28H2,1-4H3/b10-9+/t33-,34-,43-,44-,45+,46+,49+,50+/m0/s1. The summed E-state index contributed by atoms with van der Waals surface area (Å²) in [6, 6.07) is 7.78. The molecule has 0 amide bonds. The molecule has 0 bridgehead atoms. The fourth-order valence-electron chi connectivity index (χ4n) is 11.1. The maximum atomic E-state index is 14.4. The number of hydrogen-bond donors (Lipinski definition) is 0. The average molecular weight is 911 g/mol. The third-order valence-electron chi connectivity index (χ3n) is 14.6. The summed E-state index contributed by atoms with van der Waals surface area (Å²) >= 11 is 0. The predicted molar refractivity (Wildman–Crippen MR) is 234 cm³/mol. The lowest BCUT2D eigenvalue weighted by atomic mass is 9.86. The average Bonchev–Trinajstić information content (AvgIpc) is 4.07. The fraction of sp³-hybridized carbons (Fsp3) is 0.560. The number of ether oxygens (including phenoxy) is 10. The van der Waals surface area contributed by atoms with E-state index in [0.717, 1.165) is 87.0 Å². The molecule has 2 aromatic carbocycles. The summed E-state index contributed by atoms with van der Waals surface area (Å²) in [6.45, 7) is 7.89. The van der Waals surface area contributed by atoms with Crippen molar-refractivity contribution in [1.29, 1.82) is 0 Å². The lowest BCUT2D eigenvalue weighted by molar-refractivity contribution is -0.211. The number of benzene rings is 2. The lowest BCUT2D eigenvalue weighted by Gasteiger charge is -2.40. The Morgan fingerprint density at radius 1 is 0.652 bits per heavy atom. The first-order valence-electron chi connectivity index (χ1n) is 23.4. The molecule has 0 spiro atoms. The number of carbonyl (C=O) groups excluding carboxylic acids is 4. The Bertz CT molecular complexity index is 2200. The summed E-state index contributed by atoms with van der Waals surface area (Å²) < 4.78 is 59.0. The Morgan fingerprint density at radius 3 is 1.41 bits per heavy atom.